The van der Waals surface area contributed by atoms with Crippen LogP contribution in [0.2, 0.25) is 0 Å². The van der Waals surface area contributed by atoms with E-state index in [0.717, 1.165) is 28.6 Å². The summed E-state index contributed by atoms with van der Waals surface area (Å²) in [5, 5.41) is 4.97. The van der Waals surface area contributed by atoms with Crippen molar-refractivity contribution in [1.82, 2.24) is 9.78 Å². The molecule has 0 atom stereocenters. The molecule has 3 nitrogen and oxygen atoms in total. The first kappa shape index (κ1) is 19.0. The van der Waals surface area contributed by atoms with Gasteiger partial charge in [-0.3, -0.25) is 4.90 Å². The van der Waals surface area contributed by atoms with Gasteiger partial charge in [-0.25, -0.2) is 4.68 Å². The highest BCUT2D eigenvalue weighted by molar-refractivity contribution is 5.77. The molecule has 0 spiro atoms. The van der Waals surface area contributed by atoms with Crippen LogP contribution in [0.4, 0.5) is 17.2 Å². The third-order valence-corrected chi connectivity index (χ3v) is 5.36. The highest BCUT2D eigenvalue weighted by atomic mass is 15.4. The average Bonchev–Trinajstić information content (AvgIpc) is 3.04. The Hall–Kier alpha value is -3.33. The van der Waals surface area contributed by atoms with E-state index in [0.29, 0.717) is 5.92 Å². The van der Waals surface area contributed by atoms with Crippen molar-refractivity contribution in [3.8, 4) is 5.69 Å². The summed E-state index contributed by atoms with van der Waals surface area (Å²) in [6.45, 7) is 8.70. The van der Waals surface area contributed by atoms with Crippen molar-refractivity contribution in [2.75, 3.05) is 4.90 Å². The first-order valence-electron chi connectivity index (χ1n) is 10.1. The van der Waals surface area contributed by atoms with Crippen LogP contribution in [0.25, 0.3) is 5.69 Å². The summed E-state index contributed by atoms with van der Waals surface area (Å²) in [7, 11) is 0. The van der Waals surface area contributed by atoms with Crippen LogP contribution in [0.15, 0.2) is 84.9 Å². The molecule has 146 valence electrons. The van der Waals surface area contributed by atoms with E-state index in [-0.39, 0.29) is 0 Å². The predicted molar refractivity (Wildman–Crippen MR) is 122 cm³/mol. The number of hydrogen-bond acceptors (Lipinski definition) is 2. The fraction of sp³-hybridized carbons (Fsp3) is 0.192. The minimum absolute atomic E-state index is 0.408. The molecule has 4 rings (SSSR count). The smallest absolute Gasteiger partial charge is 0.144 e. The minimum Gasteiger partial charge on any atom is -0.295 e. The SMILES string of the molecule is Cc1nn(-c2ccccc2C(C)C)c(N(c2ccccc2)c2ccccc2)c1C. The van der Waals surface area contributed by atoms with E-state index < -0.39 is 0 Å². The summed E-state index contributed by atoms with van der Waals surface area (Å²) in [4.78, 5) is 2.30. The average molecular weight is 382 g/mol. The van der Waals surface area contributed by atoms with Gasteiger partial charge in [0.25, 0.3) is 0 Å². The van der Waals surface area contributed by atoms with E-state index in [4.69, 9.17) is 5.10 Å². The molecule has 1 aromatic heterocycles. The maximum atomic E-state index is 4.97. The van der Waals surface area contributed by atoms with Crippen LogP contribution in [-0.2, 0) is 0 Å². The van der Waals surface area contributed by atoms with Crippen LogP contribution in [0, 0.1) is 13.8 Å². The molecule has 4 aromatic rings. The lowest BCUT2D eigenvalue weighted by molar-refractivity contribution is 0.800. The van der Waals surface area contributed by atoms with E-state index in [1.165, 1.54) is 11.1 Å². The molecule has 0 unspecified atom stereocenters. The number of nitrogens with zero attached hydrogens (tertiary/aromatic N) is 3. The molecule has 0 radical (unpaired) electrons. The minimum atomic E-state index is 0.408. The third-order valence-electron chi connectivity index (χ3n) is 5.36. The zero-order valence-electron chi connectivity index (χ0n) is 17.5. The third kappa shape index (κ3) is 3.56. The molecule has 3 aromatic carbocycles. The standard InChI is InChI=1S/C26H27N3/c1-19(2)24-17-11-12-18-25(24)29-26(20(3)21(4)27-29)28(22-13-7-5-8-14-22)23-15-9-6-10-16-23/h5-19H,1-4H3. The normalized spacial score (nSPS) is 11.1. The number of rotatable bonds is 5. The van der Waals surface area contributed by atoms with Crippen molar-refractivity contribution >= 4 is 17.2 Å². The molecule has 0 saturated carbocycles. The Morgan fingerprint density at radius 1 is 0.724 bits per heavy atom. The van der Waals surface area contributed by atoms with Crippen molar-refractivity contribution in [3.05, 3.63) is 102 Å². The van der Waals surface area contributed by atoms with Crippen molar-refractivity contribution in [1.29, 1.82) is 0 Å². The summed E-state index contributed by atoms with van der Waals surface area (Å²) < 4.78 is 2.11. The van der Waals surface area contributed by atoms with Gasteiger partial charge in [-0.1, -0.05) is 68.4 Å². The van der Waals surface area contributed by atoms with E-state index in [1.54, 1.807) is 0 Å². The molecule has 0 N–H and O–H groups in total. The van der Waals surface area contributed by atoms with Crippen LogP contribution in [-0.4, -0.2) is 9.78 Å². The van der Waals surface area contributed by atoms with Crippen molar-refractivity contribution in [2.45, 2.75) is 33.6 Å². The number of anilines is 3. The Labute approximate surface area is 173 Å². The Morgan fingerprint density at radius 2 is 1.24 bits per heavy atom. The number of hydrogen-bond donors (Lipinski definition) is 0. The van der Waals surface area contributed by atoms with E-state index in [2.05, 4.69) is 122 Å². The summed E-state index contributed by atoms with van der Waals surface area (Å²) >= 11 is 0. The molecule has 0 aliphatic heterocycles. The molecule has 0 fully saturated rings. The van der Waals surface area contributed by atoms with Gasteiger partial charge in [0.1, 0.15) is 5.82 Å². The van der Waals surface area contributed by atoms with Gasteiger partial charge in [0.15, 0.2) is 0 Å². The molecule has 29 heavy (non-hydrogen) atoms. The van der Waals surface area contributed by atoms with Gasteiger partial charge in [0.05, 0.1) is 11.4 Å². The molecule has 0 saturated heterocycles. The Morgan fingerprint density at radius 3 is 1.79 bits per heavy atom. The Bertz CT molecular complexity index is 1060. The lowest BCUT2D eigenvalue weighted by atomic mass is 10.0. The van der Waals surface area contributed by atoms with Crippen LogP contribution in [0.5, 0.6) is 0 Å². The topological polar surface area (TPSA) is 21.1 Å². The number of aryl methyl sites for hydroxylation is 1. The molecular formula is C26H27N3. The maximum absolute atomic E-state index is 4.97. The van der Waals surface area contributed by atoms with Crippen LogP contribution in [0.1, 0.15) is 36.6 Å². The number of para-hydroxylation sites is 3. The summed E-state index contributed by atoms with van der Waals surface area (Å²) in [5.41, 5.74) is 6.87. The molecular weight excluding hydrogens is 354 g/mol. The summed E-state index contributed by atoms with van der Waals surface area (Å²) in [6.07, 6.45) is 0. The fourth-order valence-electron chi connectivity index (χ4n) is 3.74. The number of aromatic nitrogens is 2. The van der Waals surface area contributed by atoms with Gasteiger partial charge in [-0.2, -0.15) is 5.10 Å². The highest BCUT2D eigenvalue weighted by Gasteiger charge is 2.23. The molecule has 1 heterocycles. The van der Waals surface area contributed by atoms with Gasteiger partial charge in [0.2, 0.25) is 0 Å². The van der Waals surface area contributed by atoms with Gasteiger partial charge >= 0.3 is 0 Å². The van der Waals surface area contributed by atoms with Crippen LogP contribution >= 0.6 is 0 Å². The molecule has 0 amide bonds. The quantitative estimate of drug-likeness (QED) is 0.368. The van der Waals surface area contributed by atoms with Crippen molar-refractivity contribution in [2.24, 2.45) is 0 Å². The first-order chi connectivity index (χ1) is 14.1. The van der Waals surface area contributed by atoms with Gasteiger partial charge in [-0.05, 0) is 55.7 Å². The fourth-order valence-corrected chi connectivity index (χ4v) is 3.74. The maximum Gasteiger partial charge on any atom is 0.144 e. The first-order valence-corrected chi connectivity index (χ1v) is 10.1. The van der Waals surface area contributed by atoms with Crippen molar-refractivity contribution < 1.29 is 0 Å². The second-order valence-corrected chi connectivity index (χ2v) is 7.67. The summed E-state index contributed by atoms with van der Waals surface area (Å²) in [5.74, 6) is 1.48. The molecule has 0 aliphatic carbocycles. The second kappa shape index (κ2) is 7.96. The largest absolute Gasteiger partial charge is 0.295 e. The second-order valence-electron chi connectivity index (χ2n) is 7.67. The molecule has 0 aliphatic rings. The van der Waals surface area contributed by atoms with E-state index in [9.17, 15) is 0 Å². The van der Waals surface area contributed by atoms with Gasteiger partial charge in [-0.15, -0.1) is 0 Å². The van der Waals surface area contributed by atoms with Gasteiger partial charge in [0, 0.05) is 16.9 Å². The molecule has 0 bridgehead atoms. The Balaban J connectivity index is 2.01. The lowest BCUT2D eigenvalue weighted by Crippen LogP contribution is -2.16. The van der Waals surface area contributed by atoms with E-state index in [1.807, 2.05) is 0 Å². The lowest BCUT2D eigenvalue weighted by Gasteiger charge is -2.27. The zero-order valence-corrected chi connectivity index (χ0v) is 17.5. The van der Waals surface area contributed by atoms with Crippen LogP contribution < -0.4 is 4.90 Å². The van der Waals surface area contributed by atoms with Crippen LogP contribution in [0.3, 0.4) is 0 Å². The molecule has 3 heteroatoms. The number of benzene rings is 3. The van der Waals surface area contributed by atoms with Crippen molar-refractivity contribution in [3.63, 3.8) is 0 Å². The van der Waals surface area contributed by atoms with E-state index >= 15 is 0 Å². The highest BCUT2D eigenvalue weighted by Crippen LogP contribution is 2.39. The summed E-state index contributed by atoms with van der Waals surface area (Å²) in [6, 6.07) is 29.6. The Kier molecular flexibility index (Phi) is 5.22. The monoisotopic (exact) mass is 381 g/mol. The van der Waals surface area contributed by atoms with Gasteiger partial charge < -0.3 is 0 Å². The zero-order chi connectivity index (χ0) is 20.4. The predicted octanol–water partition coefficient (Wildman–Crippen LogP) is 7.08.